The molecule has 0 heterocycles. The van der Waals surface area contributed by atoms with E-state index in [2.05, 4.69) is 46.6 Å². The smallest absolute Gasteiger partial charge is 0.158 e. The fraction of sp³-hybridized carbons (Fsp3) is 0.333. The van der Waals surface area contributed by atoms with E-state index in [1.807, 2.05) is 0 Å². The Morgan fingerprint density at radius 2 is 2.00 bits per heavy atom. The molecule has 14 heavy (non-hydrogen) atoms. The first-order valence-corrected chi connectivity index (χ1v) is 3.83. The fourth-order valence-electron chi connectivity index (χ4n) is 0.653. The molecule has 0 saturated heterocycles. The molecule has 0 fully saturated rings. The number of rotatable bonds is 8. The van der Waals surface area contributed by atoms with Crippen LogP contribution in [0, 0.1) is 0 Å². The predicted molar refractivity (Wildman–Crippen MR) is 55.1 cm³/mol. The van der Waals surface area contributed by atoms with Crippen LogP contribution in [0.4, 0.5) is 0 Å². The van der Waals surface area contributed by atoms with Gasteiger partial charge in [-0.15, -0.1) is 5.12 Å². The number of hydrazone groups is 2. The molecule has 0 unspecified atom stereocenters. The van der Waals surface area contributed by atoms with E-state index in [0.717, 1.165) is 0 Å². The van der Waals surface area contributed by atoms with E-state index < -0.39 is 0 Å². The van der Waals surface area contributed by atoms with Gasteiger partial charge in [-0.1, -0.05) is 12.1 Å². The van der Waals surface area contributed by atoms with Gasteiger partial charge in [0.25, 0.3) is 0 Å². The highest BCUT2D eigenvalue weighted by Crippen LogP contribution is 2.00. The summed E-state index contributed by atoms with van der Waals surface area (Å²) < 4.78 is 0. The van der Waals surface area contributed by atoms with Crippen LogP contribution in [0.3, 0.4) is 0 Å². The molecule has 0 radical (unpaired) electrons. The second-order valence-electron chi connectivity index (χ2n) is 2.21. The summed E-state index contributed by atoms with van der Waals surface area (Å²) in [4.78, 5) is 0. The Bertz CT molecular complexity index is 202. The van der Waals surface area contributed by atoms with Crippen molar-refractivity contribution in [1.29, 1.82) is 0 Å². The molecule has 8 nitrogen and oxygen atoms in total. The van der Waals surface area contributed by atoms with E-state index in [-0.39, 0.29) is 0 Å². The molecule has 80 valence electrons. The molecule has 0 aromatic carbocycles. The maximum absolute atomic E-state index is 3.71. The van der Waals surface area contributed by atoms with Crippen molar-refractivity contribution in [2.75, 3.05) is 14.1 Å². The first kappa shape index (κ1) is 12.4. The zero-order chi connectivity index (χ0) is 11.0. The summed E-state index contributed by atoms with van der Waals surface area (Å²) in [6, 6.07) is 0. The average molecular weight is 201 g/mol. The van der Waals surface area contributed by atoms with E-state index in [4.69, 9.17) is 0 Å². The maximum atomic E-state index is 3.71. The number of hydrogen-bond acceptors (Lipinski definition) is 7. The van der Waals surface area contributed by atoms with Crippen LogP contribution in [-0.4, -0.2) is 37.8 Å². The normalized spacial score (nSPS) is 9.00. The quantitative estimate of drug-likeness (QED) is 0.152. The van der Waals surface area contributed by atoms with Gasteiger partial charge < -0.3 is 0 Å². The summed E-state index contributed by atoms with van der Waals surface area (Å²) in [5, 5.41) is 10.0. The number of nitrogens with zero attached hydrogens (tertiary/aromatic N) is 4. The Balaban J connectivity index is 4.04. The molecule has 8 heteroatoms. The minimum atomic E-state index is 0.460. The fourth-order valence-corrected chi connectivity index (χ4v) is 0.653. The van der Waals surface area contributed by atoms with Gasteiger partial charge in [0.2, 0.25) is 0 Å². The van der Waals surface area contributed by atoms with Gasteiger partial charge in [-0.3, -0.25) is 5.43 Å². The molecule has 0 spiro atoms. The third kappa shape index (κ3) is 3.85. The van der Waals surface area contributed by atoms with Crippen LogP contribution in [0.15, 0.2) is 22.6 Å². The van der Waals surface area contributed by atoms with Crippen LogP contribution in [0.1, 0.15) is 0 Å². The maximum Gasteiger partial charge on any atom is 0.158 e. The molecule has 0 bridgehead atoms. The van der Waals surface area contributed by atoms with Crippen molar-refractivity contribution < 1.29 is 5.53 Å². The molecule has 0 amide bonds. The van der Waals surface area contributed by atoms with Gasteiger partial charge in [-0.25, -0.2) is 0 Å². The Kier molecular flexibility index (Phi) is 6.03. The van der Waals surface area contributed by atoms with Gasteiger partial charge in [0.05, 0.1) is 0 Å². The highest BCUT2D eigenvalue weighted by molar-refractivity contribution is 5.24. The third-order valence-electron chi connectivity index (χ3n) is 1.29. The van der Waals surface area contributed by atoms with Crippen LogP contribution in [0.25, 0.3) is 0 Å². The van der Waals surface area contributed by atoms with Crippen molar-refractivity contribution in [3.8, 4) is 0 Å². The summed E-state index contributed by atoms with van der Waals surface area (Å²) in [6.45, 7) is 10.4. The van der Waals surface area contributed by atoms with E-state index >= 15 is 0 Å². The van der Waals surface area contributed by atoms with Crippen LogP contribution < -0.4 is 21.9 Å². The van der Waals surface area contributed by atoms with Gasteiger partial charge in [-0.05, 0) is 0 Å². The molecule has 0 atom stereocenters. The van der Waals surface area contributed by atoms with Gasteiger partial charge in [0.1, 0.15) is 0 Å². The number of hydrogen-bond donors (Lipinski definition) is 4. The van der Waals surface area contributed by atoms with Gasteiger partial charge in [0, 0.05) is 27.5 Å². The molecule has 0 aromatic rings. The number of nitrogens with one attached hydrogen (secondary N) is 3. The minimum absolute atomic E-state index is 0.460. The van der Waals surface area contributed by atoms with Gasteiger partial charge >= 0.3 is 0 Å². The lowest BCUT2D eigenvalue weighted by Crippen LogP contribution is -3.02. The molecular formula is C6H17N8+. The summed E-state index contributed by atoms with van der Waals surface area (Å²) in [6.07, 6.45) is 0. The summed E-state index contributed by atoms with van der Waals surface area (Å²) in [5.74, 6) is 0.460. The van der Waals surface area contributed by atoms with Crippen molar-refractivity contribution >= 4 is 13.4 Å². The monoisotopic (exact) mass is 201 g/mol. The lowest BCUT2D eigenvalue weighted by Gasteiger charge is -2.26. The van der Waals surface area contributed by atoms with E-state index in [1.54, 1.807) is 19.6 Å². The first-order chi connectivity index (χ1) is 6.67. The second kappa shape index (κ2) is 6.83. The van der Waals surface area contributed by atoms with Crippen molar-refractivity contribution in [1.82, 2.24) is 26.6 Å². The number of nitrogens with two attached hydrogens (primary N) is 1. The Morgan fingerprint density at radius 1 is 1.36 bits per heavy atom. The summed E-state index contributed by atoms with van der Waals surface area (Å²) >= 11 is 0. The van der Waals surface area contributed by atoms with E-state index in [9.17, 15) is 0 Å². The van der Waals surface area contributed by atoms with Gasteiger partial charge in [0.15, 0.2) is 5.82 Å². The lowest BCUT2D eigenvalue weighted by atomic mass is 10.8. The summed E-state index contributed by atoms with van der Waals surface area (Å²) in [5.41, 5.74) is 9.84. The minimum Gasteiger partial charge on any atom is -0.259 e. The molecule has 0 aliphatic heterocycles. The number of hydrazine groups is 2. The molecule has 0 rings (SSSR count). The lowest BCUT2D eigenvalue weighted by molar-refractivity contribution is -0.766. The van der Waals surface area contributed by atoms with Crippen LogP contribution in [-0.2, 0) is 0 Å². The summed E-state index contributed by atoms with van der Waals surface area (Å²) in [7, 11) is 3.43. The standard InChI is InChI=1S/C6H16N8/c1-6(10-12-11-7-2)14(9-4)13(5)8-3/h7,10-12H,1,3-4H2,2,5H3/p+1. The molecular weight excluding hydrogens is 184 g/mol. The largest absolute Gasteiger partial charge is 0.259 e. The molecule has 0 aliphatic rings. The second-order valence-corrected chi connectivity index (χ2v) is 2.21. The SMILES string of the molecule is C=NN(C)N(N=C)C(=C)NN[NH2+]NC. The zero-order valence-electron chi connectivity index (χ0n) is 8.49. The van der Waals surface area contributed by atoms with Crippen molar-refractivity contribution in [3.63, 3.8) is 0 Å². The molecule has 0 aromatic heterocycles. The zero-order valence-corrected chi connectivity index (χ0v) is 8.49. The third-order valence-corrected chi connectivity index (χ3v) is 1.29. The van der Waals surface area contributed by atoms with Crippen molar-refractivity contribution in [3.05, 3.63) is 12.4 Å². The Morgan fingerprint density at radius 3 is 2.43 bits per heavy atom. The predicted octanol–water partition coefficient (Wildman–Crippen LogP) is -2.46. The number of quaternary nitrogens is 1. The van der Waals surface area contributed by atoms with Crippen molar-refractivity contribution in [2.45, 2.75) is 0 Å². The van der Waals surface area contributed by atoms with E-state index in [1.165, 1.54) is 10.2 Å². The highest BCUT2D eigenvalue weighted by Gasteiger charge is 2.08. The van der Waals surface area contributed by atoms with Gasteiger partial charge in [-0.2, -0.15) is 26.3 Å². The highest BCUT2D eigenvalue weighted by atomic mass is 15.9. The molecule has 0 aliphatic carbocycles. The first-order valence-electron chi connectivity index (χ1n) is 3.83. The molecule has 0 saturated carbocycles. The topological polar surface area (TPSA) is 83.9 Å². The Hall–Kier alpha value is -1.64. The van der Waals surface area contributed by atoms with Crippen LogP contribution in [0.2, 0.25) is 0 Å². The molecule has 5 N–H and O–H groups in total. The van der Waals surface area contributed by atoms with Crippen LogP contribution in [0.5, 0.6) is 0 Å². The van der Waals surface area contributed by atoms with E-state index in [0.29, 0.717) is 5.82 Å². The Labute approximate surface area is 83.2 Å². The van der Waals surface area contributed by atoms with Crippen LogP contribution >= 0.6 is 0 Å². The average Bonchev–Trinajstić information content (AvgIpc) is 2.19. The van der Waals surface area contributed by atoms with Crippen molar-refractivity contribution in [2.24, 2.45) is 10.2 Å².